The van der Waals surface area contributed by atoms with E-state index in [9.17, 15) is 4.79 Å². The summed E-state index contributed by atoms with van der Waals surface area (Å²) in [7, 11) is 0. The maximum Gasteiger partial charge on any atom is 0.355 e. The Hall–Kier alpha value is -1.96. The molecule has 0 spiro atoms. The number of nitrogens with zero attached hydrogens (tertiary/aromatic N) is 2. The van der Waals surface area contributed by atoms with Crippen molar-refractivity contribution in [1.29, 1.82) is 5.26 Å². The van der Waals surface area contributed by atoms with E-state index >= 15 is 0 Å². The summed E-state index contributed by atoms with van der Waals surface area (Å²) in [5, 5.41) is 8.35. The lowest BCUT2D eigenvalue weighted by Gasteiger charge is -2.06. The van der Waals surface area contributed by atoms with E-state index in [1.165, 1.54) is 0 Å². The van der Waals surface area contributed by atoms with Crippen LogP contribution in [-0.2, 0) is 11.3 Å². The van der Waals surface area contributed by atoms with Crippen LogP contribution in [0.25, 0.3) is 0 Å². The van der Waals surface area contributed by atoms with Crippen LogP contribution in [0.15, 0.2) is 12.3 Å². The monoisotopic (exact) mass is 235 g/mol. The number of hydrogen-bond donors (Lipinski definition) is 1. The zero-order valence-electron chi connectivity index (χ0n) is 9.98. The molecule has 0 aliphatic carbocycles. The molecule has 0 aliphatic rings. The second-order valence-corrected chi connectivity index (χ2v) is 3.70. The molecule has 1 rings (SSSR count). The number of carbonyl (C=O) groups is 1. The molecule has 1 heterocycles. The van der Waals surface area contributed by atoms with E-state index in [4.69, 9.17) is 15.7 Å². The topological polar surface area (TPSA) is 81.0 Å². The van der Waals surface area contributed by atoms with Crippen molar-refractivity contribution < 1.29 is 9.53 Å². The van der Waals surface area contributed by atoms with Gasteiger partial charge in [0.15, 0.2) is 0 Å². The Morgan fingerprint density at radius 3 is 3.00 bits per heavy atom. The van der Waals surface area contributed by atoms with E-state index in [2.05, 4.69) is 0 Å². The van der Waals surface area contributed by atoms with E-state index in [1.807, 2.05) is 13.0 Å². The van der Waals surface area contributed by atoms with Crippen LogP contribution >= 0.6 is 0 Å². The molecule has 0 aromatic carbocycles. The highest BCUT2D eigenvalue weighted by molar-refractivity contribution is 5.89. The van der Waals surface area contributed by atoms with Crippen LogP contribution in [0.3, 0.4) is 0 Å². The molecule has 1 aromatic rings. The molecule has 0 bridgehead atoms. The molecule has 0 unspecified atom stereocenters. The van der Waals surface area contributed by atoms with Crippen molar-refractivity contribution in [2.45, 2.75) is 32.7 Å². The van der Waals surface area contributed by atoms with Gasteiger partial charge in [-0.05, 0) is 25.8 Å². The van der Waals surface area contributed by atoms with E-state index < -0.39 is 0 Å². The molecule has 0 atom stereocenters. The van der Waals surface area contributed by atoms with E-state index in [0.29, 0.717) is 37.4 Å². The molecule has 0 amide bonds. The molecular formula is C12H17N3O2. The zero-order chi connectivity index (χ0) is 12.7. The summed E-state index contributed by atoms with van der Waals surface area (Å²) in [6.07, 6.45) is 3.67. The lowest BCUT2D eigenvalue weighted by molar-refractivity contribution is 0.0486. The van der Waals surface area contributed by atoms with Gasteiger partial charge in [-0.2, -0.15) is 5.26 Å². The quantitative estimate of drug-likeness (QED) is 0.603. The first-order valence-corrected chi connectivity index (χ1v) is 5.68. The molecule has 0 aliphatic heterocycles. The first-order chi connectivity index (χ1) is 8.19. The third-order valence-electron chi connectivity index (χ3n) is 2.38. The van der Waals surface area contributed by atoms with E-state index in [-0.39, 0.29) is 5.97 Å². The number of hydrogen-bond acceptors (Lipinski definition) is 4. The van der Waals surface area contributed by atoms with Gasteiger partial charge in [-0.25, -0.2) is 4.79 Å². The number of anilines is 1. The molecule has 0 saturated heterocycles. The number of aromatic nitrogens is 1. The van der Waals surface area contributed by atoms with Crippen molar-refractivity contribution in [1.82, 2.24) is 4.57 Å². The molecule has 0 saturated carbocycles. The number of nitrogens with two attached hydrogens (primary N) is 1. The predicted octanol–water partition coefficient (Wildman–Crippen LogP) is 1.94. The summed E-state index contributed by atoms with van der Waals surface area (Å²) in [5.74, 6) is -0.361. The summed E-state index contributed by atoms with van der Waals surface area (Å²) in [6, 6.07) is 3.66. The largest absolute Gasteiger partial charge is 0.461 e. The molecule has 0 fully saturated rings. The Morgan fingerprint density at radius 2 is 2.35 bits per heavy atom. The van der Waals surface area contributed by atoms with Crippen molar-refractivity contribution in [3.8, 4) is 6.07 Å². The van der Waals surface area contributed by atoms with Gasteiger partial charge in [0, 0.05) is 19.2 Å². The standard InChI is InChI=1S/C12H17N3O2/c1-2-15-9-10(14)8-11(15)12(16)17-7-5-3-4-6-13/h8-9H,2-5,7,14H2,1H3. The number of esters is 1. The highest BCUT2D eigenvalue weighted by Gasteiger charge is 2.13. The molecule has 2 N–H and O–H groups in total. The summed E-state index contributed by atoms with van der Waals surface area (Å²) < 4.78 is 6.86. The van der Waals surface area contributed by atoms with Gasteiger partial charge in [0.2, 0.25) is 0 Å². The van der Waals surface area contributed by atoms with Crippen LogP contribution in [0.4, 0.5) is 5.69 Å². The number of carbonyl (C=O) groups excluding carboxylic acids is 1. The van der Waals surface area contributed by atoms with E-state index in [1.54, 1.807) is 16.8 Å². The average Bonchev–Trinajstić information content (AvgIpc) is 2.70. The van der Waals surface area contributed by atoms with Gasteiger partial charge in [-0.15, -0.1) is 0 Å². The lowest BCUT2D eigenvalue weighted by atomic mass is 10.3. The van der Waals surface area contributed by atoms with Gasteiger partial charge in [0.25, 0.3) is 0 Å². The Balaban J connectivity index is 2.44. The van der Waals surface area contributed by atoms with Crippen molar-refractivity contribution >= 4 is 11.7 Å². The molecule has 1 aromatic heterocycles. The lowest BCUT2D eigenvalue weighted by Crippen LogP contribution is -2.11. The maximum atomic E-state index is 11.7. The summed E-state index contributed by atoms with van der Waals surface area (Å²) in [5.41, 5.74) is 6.66. The normalized spacial score (nSPS) is 9.88. The van der Waals surface area contributed by atoms with Crippen molar-refractivity contribution in [2.75, 3.05) is 12.3 Å². The highest BCUT2D eigenvalue weighted by Crippen LogP contribution is 2.12. The second kappa shape index (κ2) is 6.59. The Bertz CT molecular complexity index is 418. The molecule has 5 nitrogen and oxygen atoms in total. The first kappa shape index (κ1) is 13.1. The second-order valence-electron chi connectivity index (χ2n) is 3.70. The number of nitriles is 1. The van der Waals surface area contributed by atoms with E-state index in [0.717, 1.165) is 6.42 Å². The fourth-order valence-corrected chi connectivity index (χ4v) is 1.51. The number of unbranched alkanes of at least 4 members (excludes halogenated alkanes) is 2. The minimum Gasteiger partial charge on any atom is -0.461 e. The van der Waals surface area contributed by atoms with Crippen LogP contribution in [0, 0.1) is 11.3 Å². The molecule has 17 heavy (non-hydrogen) atoms. The smallest absolute Gasteiger partial charge is 0.355 e. The van der Waals surface area contributed by atoms with Gasteiger partial charge >= 0.3 is 5.97 Å². The minimum absolute atomic E-state index is 0.343. The van der Waals surface area contributed by atoms with Crippen molar-refractivity contribution in [2.24, 2.45) is 0 Å². The fourth-order valence-electron chi connectivity index (χ4n) is 1.51. The third-order valence-corrected chi connectivity index (χ3v) is 2.38. The van der Waals surface area contributed by atoms with Crippen LogP contribution in [0.5, 0.6) is 0 Å². The summed E-state index contributed by atoms with van der Waals surface area (Å²) in [6.45, 7) is 2.95. The number of ether oxygens (including phenoxy) is 1. The molecular weight excluding hydrogens is 218 g/mol. The fraction of sp³-hybridized carbons (Fsp3) is 0.500. The molecule has 5 heteroatoms. The average molecular weight is 235 g/mol. The summed E-state index contributed by atoms with van der Waals surface area (Å²) in [4.78, 5) is 11.7. The number of nitrogen functional groups attached to an aromatic ring is 1. The van der Waals surface area contributed by atoms with Crippen LogP contribution < -0.4 is 5.73 Å². The SMILES string of the molecule is CCn1cc(N)cc1C(=O)OCCCCC#N. The minimum atomic E-state index is -0.361. The van der Waals surface area contributed by atoms with Crippen LogP contribution in [-0.4, -0.2) is 17.1 Å². The highest BCUT2D eigenvalue weighted by atomic mass is 16.5. The van der Waals surface area contributed by atoms with Crippen LogP contribution in [0.1, 0.15) is 36.7 Å². The van der Waals surface area contributed by atoms with Crippen molar-refractivity contribution in [3.05, 3.63) is 18.0 Å². The summed E-state index contributed by atoms with van der Waals surface area (Å²) >= 11 is 0. The number of aryl methyl sites for hydroxylation is 1. The Kier molecular flexibility index (Phi) is 5.08. The van der Waals surface area contributed by atoms with Gasteiger partial charge in [0.05, 0.1) is 18.4 Å². The third kappa shape index (κ3) is 3.83. The zero-order valence-corrected chi connectivity index (χ0v) is 9.98. The van der Waals surface area contributed by atoms with Crippen molar-refractivity contribution in [3.63, 3.8) is 0 Å². The Labute approximate surface area is 101 Å². The maximum absolute atomic E-state index is 11.7. The predicted molar refractivity (Wildman–Crippen MR) is 64.3 cm³/mol. The Morgan fingerprint density at radius 1 is 1.59 bits per heavy atom. The van der Waals surface area contributed by atoms with Gasteiger partial charge in [0.1, 0.15) is 5.69 Å². The first-order valence-electron chi connectivity index (χ1n) is 5.68. The van der Waals surface area contributed by atoms with Gasteiger partial charge < -0.3 is 15.0 Å². The van der Waals surface area contributed by atoms with Crippen LogP contribution in [0.2, 0.25) is 0 Å². The molecule has 0 radical (unpaired) electrons. The number of rotatable bonds is 6. The van der Waals surface area contributed by atoms with Gasteiger partial charge in [-0.3, -0.25) is 0 Å². The molecule has 92 valence electrons. The van der Waals surface area contributed by atoms with Gasteiger partial charge in [-0.1, -0.05) is 0 Å².